The molecule has 7 nitrogen and oxygen atoms in total. The predicted molar refractivity (Wildman–Crippen MR) is 116 cm³/mol. The smallest absolute Gasteiger partial charge is 0.285 e. The molecule has 0 bridgehead atoms. The van der Waals surface area contributed by atoms with Gasteiger partial charge in [-0.2, -0.15) is 8.42 Å². The average Bonchev–Trinajstić information content (AvgIpc) is 3.30. The third kappa shape index (κ3) is 4.11. The van der Waals surface area contributed by atoms with Crippen molar-refractivity contribution in [2.45, 2.75) is 36.9 Å². The van der Waals surface area contributed by atoms with Gasteiger partial charge in [0.25, 0.3) is 10.0 Å². The molecule has 0 aliphatic carbocycles. The van der Waals surface area contributed by atoms with E-state index >= 15 is 0 Å². The Morgan fingerprint density at radius 2 is 1.83 bits per heavy atom. The summed E-state index contributed by atoms with van der Waals surface area (Å²) in [5, 5.41) is 3.00. The van der Waals surface area contributed by atoms with E-state index in [1.54, 1.807) is 24.3 Å². The molecule has 0 radical (unpaired) electrons. The lowest BCUT2D eigenvalue weighted by Gasteiger charge is -2.25. The van der Waals surface area contributed by atoms with Crippen molar-refractivity contribution in [2.24, 2.45) is 4.40 Å². The van der Waals surface area contributed by atoms with Gasteiger partial charge in [0.1, 0.15) is 10.9 Å². The Morgan fingerprint density at radius 3 is 2.57 bits per heavy atom. The molecular formula is C22H26N4O3S. The number of carbonyl (C=O) groups is 1. The Kier molecular flexibility index (Phi) is 5.62. The molecule has 8 heteroatoms. The Hall–Kier alpha value is -2.71. The van der Waals surface area contributed by atoms with Crippen LogP contribution in [-0.4, -0.2) is 56.6 Å². The lowest BCUT2D eigenvalue weighted by molar-refractivity contribution is -0.124. The Labute approximate surface area is 177 Å². The topological polar surface area (TPSA) is 82.1 Å². The zero-order valence-electron chi connectivity index (χ0n) is 17.2. The van der Waals surface area contributed by atoms with Gasteiger partial charge in [0.05, 0.1) is 0 Å². The number of hydrogen-bond donors (Lipinski definition) is 1. The summed E-state index contributed by atoms with van der Waals surface area (Å²) in [6.07, 6.45) is 1.49. The molecule has 2 aromatic carbocycles. The minimum absolute atomic E-state index is 0.102. The van der Waals surface area contributed by atoms with Crippen LogP contribution in [0.3, 0.4) is 0 Å². The van der Waals surface area contributed by atoms with Gasteiger partial charge in [-0.25, -0.2) is 0 Å². The van der Waals surface area contributed by atoms with Crippen LogP contribution in [0.25, 0.3) is 0 Å². The number of nitrogens with zero attached hydrogens (tertiary/aromatic N) is 3. The first kappa shape index (κ1) is 20.6. The Morgan fingerprint density at radius 1 is 1.13 bits per heavy atom. The van der Waals surface area contributed by atoms with E-state index in [1.165, 1.54) is 5.56 Å². The molecule has 2 aromatic rings. The zero-order chi connectivity index (χ0) is 21.3. The van der Waals surface area contributed by atoms with Crippen LogP contribution in [0, 0.1) is 0 Å². The molecule has 1 atom stereocenters. The summed E-state index contributed by atoms with van der Waals surface area (Å²) in [6, 6.07) is 14.6. The van der Waals surface area contributed by atoms with E-state index in [2.05, 4.69) is 26.7 Å². The van der Waals surface area contributed by atoms with Crippen molar-refractivity contribution in [3.63, 3.8) is 0 Å². The third-order valence-corrected chi connectivity index (χ3v) is 6.75. The van der Waals surface area contributed by atoms with E-state index in [-0.39, 0.29) is 10.8 Å². The van der Waals surface area contributed by atoms with Gasteiger partial charge >= 0.3 is 0 Å². The number of amidine groups is 1. The SMILES string of the molecule is CN(C)Cc1ccc(CNC(=O)C2CCCN2C2=NS(=O)(=O)c3ccccc32)cc1. The maximum atomic E-state index is 12.9. The summed E-state index contributed by atoms with van der Waals surface area (Å²) in [7, 11) is 0.357. The van der Waals surface area contributed by atoms with Gasteiger partial charge in [-0.15, -0.1) is 4.40 Å². The van der Waals surface area contributed by atoms with Gasteiger partial charge in [-0.05, 0) is 50.2 Å². The zero-order valence-corrected chi connectivity index (χ0v) is 18.0. The molecule has 30 heavy (non-hydrogen) atoms. The lowest BCUT2D eigenvalue weighted by atomic mass is 10.1. The number of benzene rings is 2. The van der Waals surface area contributed by atoms with Crippen LogP contribution in [0.2, 0.25) is 0 Å². The van der Waals surface area contributed by atoms with Gasteiger partial charge < -0.3 is 15.1 Å². The fraction of sp³-hybridized carbons (Fsp3) is 0.364. The Bertz CT molecular complexity index is 1080. The number of likely N-dealkylation sites (tertiary alicyclic amines) is 1. The van der Waals surface area contributed by atoms with E-state index < -0.39 is 16.1 Å². The monoisotopic (exact) mass is 426 g/mol. The molecule has 4 rings (SSSR count). The van der Waals surface area contributed by atoms with E-state index in [1.807, 2.05) is 31.1 Å². The highest BCUT2D eigenvalue weighted by Gasteiger charge is 2.39. The first-order valence-electron chi connectivity index (χ1n) is 10.1. The quantitative estimate of drug-likeness (QED) is 0.791. The summed E-state index contributed by atoms with van der Waals surface area (Å²) in [4.78, 5) is 17.1. The van der Waals surface area contributed by atoms with Gasteiger partial charge in [0.15, 0.2) is 5.84 Å². The van der Waals surface area contributed by atoms with Crippen LogP contribution in [0.4, 0.5) is 0 Å². The molecular weight excluding hydrogens is 400 g/mol. The summed E-state index contributed by atoms with van der Waals surface area (Å²) < 4.78 is 28.8. The van der Waals surface area contributed by atoms with E-state index in [0.29, 0.717) is 30.9 Å². The highest BCUT2D eigenvalue weighted by atomic mass is 32.2. The van der Waals surface area contributed by atoms with Crippen LogP contribution in [0.15, 0.2) is 57.8 Å². The first-order chi connectivity index (χ1) is 14.3. The second-order valence-electron chi connectivity index (χ2n) is 8.01. The minimum atomic E-state index is -3.70. The van der Waals surface area contributed by atoms with Crippen molar-refractivity contribution in [1.82, 2.24) is 15.1 Å². The largest absolute Gasteiger partial charge is 0.350 e. The minimum Gasteiger partial charge on any atom is -0.350 e. The fourth-order valence-corrected chi connectivity index (χ4v) is 5.24. The maximum absolute atomic E-state index is 12.9. The Balaban J connectivity index is 1.45. The van der Waals surface area contributed by atoms with Crippen LogP contribution < -0.4 is 5.32 Å². The average molecular weight is 427 g/mol. The summed E-state index contributed by atoms with van der Waals surface area (Å²) >= 11 is 0. The van der Waals surface area contributed by atoms with E-state index in [0.717, 1.165) is 18.5 Å². The molecule has 1 amide bonds. The van der Waals surface area contributed by atoms with Crippen molar-refractivity contribution >= 4 is 21.8 Å². The summed E-state index contributed by atoms with van der Waals surface area (Å²) in [6.45, 7) is 1.92. The third-order valence-electron chi connectivity index (χ3n) is 5.43. The highest BCUT2D eigenvalue weighted by molar-refractivity contribution is 7.90. The number of sulfonamides is 1. The van der Waals surface area contributed by atoms with Crippen molar-refractivity contribution < 1.29 is 13.2 Å². The van der Waals surface area contributed by atoms with Crippen molar-refractivity contribution in [2.75, 3.05) is 20.6 Å². The first-order valence-corrected chi connectivity index (χ1v) is 11.5. The normalized spacial score (nSPS) is 19.6. The van der Waals surface area contributed by atoms with E-state index in [9.17, 15) is 13.2 Å². The van der Waals surface area contributed by atoms with Gasteiger partial charge in [-0.1, -0.05) is 36.4 Å². The predicted octanol–water partition coefficient (Wildman–Crippen LogP) is 1.98. The second kappa shape index (κ2) is 8.20. The molecule has 1 saturated heterocycles. The summed E-state index contributed by atoms with van der Waals surface area (Å²) in [5.74, 6) is 0.283. The van der Waals surface area contributed by atoms with E-state index in [4.69, 9.17) is 0 Å². The van der Waals surface area contributed by atoms with Crippen molar-refractivity contribution in [3.8, 4) is 0 Å². The van der Waals surface area contributed by atoms with Crippen LogP contribution >= 0.6 is 0 Å². The van der Waals surface area contributed by atoms with Crippen molar-refractivity contribution in [3.05, 3.63) is 65.2 Å². The van der Waals surface area contributed by atoms with Crippen LogP contribution in [-0.2, 0) is 27.9 Å². The van der Waals surface area contributed by atoms with Gasteiger partial charge in [-0.3, -0.25) is 4.79 Å². The van der Waals surface area contributed by atoms with Crippen molar-refractivity contribution in [1.29, 1.82) is 0 Å². The lowest BCUT2D eigenvalue weighted by Crippen LogP contribution is -2.45. The fourth-order valence-electron chi connectivity index (χ4n) is 4.02. The number of nitrogens with one attached hydrogen (secondary N) is 1. The number of fused-ring (bicyclic) bond motifs is 1. The number of hydrogen-bond acceptors (Lipinski definition) is 5. The second-order valence-corrected chi connectivity index (χ2v) is 9.58. The summed E-state index contributed by atoms with van der Waals surface area (Å²) in [5.41, 5.74) is 2.83. The van der Waals surface area contributed by atoms with Crippen LogP contribution in [0.5, 0.6) is 0 Å². The maximum Gasteiger partial charge on any atom is 0.285 e. The number of carbonyl (C=O) groups excluding carboxylic acids is 1. The molecule has 1 N–H and O–H groups in total. The molecule has 0 aromatic heterocycles. The molecule has 158 valence electrons. The molecule has 1 unspecified atom stereocenters. The number of rotatable bonds is 5. The molecule has 2 aliphatic heterocycles. The number of amides is 1. The molecule has 2 heterocycles. The highest BCUT2D eigenvalue weighted by Crippen LogP contribution is 2.31. The van der Waals surface area contributed by atoms with Gasteiger partial charge in [0, 0.05) is 25.2 Å². The standard InChI is InChI=1S/C22H26N4O3S/c1-25(2)15-17-11-9-16(10-12-17)14-23-22(27)19-7-5-13-26(19)21-18-6-3-4-8-20(18)30(28,29)24-21/h3-4,6,8-12,19H,5,7,13-15H2,1-2H3,(H,23,27). The van der Waals surface area contributed by atoms with Gasteiger partial charge in [0.2, 0.25) is 5.91 Å². The van der Waals surface area contributed by atoms with Crippen LogP contribution in [0.1, 0.15) is 29.5 Å². The molecule has 0 saturated carbocycles. The molecule has 0 spiro atoms. The molecule has 2 aliphatic rings. The molecule has 1 fully saturated rings.